The van der Waals surface area contributed by atoms with Crippen LogP contribution in [0.3, 0.4) is 0 Å². The van der Waals surface area contributed by atoms with Crippen molar-refractivity contribution in [1.29, 1.82) is 0 Å². The van der Waals surface area contributed by atoms with Crippen LogP contribution >= 0.6 is 0 Å². The van der Waals surface area contributed by atoms with Gasteiger partial charge in [-0.2, -0.15) is 0 Å². The second-order valence-electron chi connectivity index (χ2n) is 8.86. The van der Waals surface area contributed by atoms with Crippen LogP contribution in [0.1, 0.15) is 12.0 Å². The molecule has 8 nitrogen and oxygen atoms in total. The average molecular weight is 438 g/mol. The maximum Gasteiger partial charge on any atom is 0.242 e. The van der Waals surface area contributed by atoms with E-state index in [1.807, 2.05) is 36.7 Å². The molecule has 164 valence electrons. The van der Waals surface area contributed by atoms with Crippen LogP contribution in [-0.4, -0.2) is 45.6 Å². The fourth-order valence-corrected chi connectivity index (χ4v) is 5.15. The molecule has 0 aliphatic carbocycles. The van der Waals surface area contributed by atoms with Crippen LogP contribution in [-0.2, 0) is 16.0 Å². The molecule has 4 aliphatic rings. The van der Waals surface area contributed by atoms with E-state index >= 15 is 0 Å². The molecule has 2 bridgehead atoms. The molecule has 8 rings (SSSR count). The molecule has 3 fully saturated rings. The summed E-state index contributed by atoms with van der Waals surface area (Å²) in [5.41, 5.74) is 12.3. The first kappa shape index (κ1) is 18.6. The maximum absolute atomic E-state index is 12.0. The molecule has 0 spiro atoms. The van der Waals surface area contributed by atoms with E-state index in [4.69, 9.17) is 14.7 Å². The Morgan fingerprint density at radius 3 is 2.64 bits per heavy atom. The Morgan fingerprint density at radius 2 is 1.82 bits per heavy atom. The molecule has 1 amide bonds. The lowest BCUT2D eigenvalue weighted by molar-refractivity contribution is -0.133. The predicted octanol–water partition coefficient (Wildman–Crippen LogP) is 3.04. The number of fused-ring (bicyclic) bond motifs is 4. The molecule has 0 saturated carbocycles. The summed E-state index contributed by atoms with van der Waals surface area (Å²) < 4.78 is 7.96. The number of hydrogen-bond acceptors (Lipinski definition) is 6. The average Bonchev–Trinajstić information content (AvgIpc) is 3.23. The number of nitrogens with zero attached hydrogens (tertiary/aromatic N) is 4. The van der Waals surface area contributed by atoms with E-state index in [-0.39, 0.29) is 18.1 Å². The van der Waals surface area contributed by atoms with Crippen LogP contribution < -0.4 is 15.8 Å². The number of benzene rings is 2. The molecule has 2 aromatic carbocycles. The highest BCUT2D eigenvalue weighted by molar-refractivity contribution is 5.89. The topological polar surface area (TPSA) is 83.8 Å². The Balaban J connectivity index is 1.43. The summed E-state index contributed by atoms with van der Waals surface area (Å²) in [6, 6.07) is 16.4. The zero-order chi connectivity index (χ0) is 21.9. The zero-order valence-corrected chi connectivity index (χ0v) is 17.9. The molecule has 0 radical (unpaired) electrons. The summed E-state index contributed by atoms with van der Waals surface area (Å²) in [4.78, 5) is 24.1. The van der Waals surface area contributed by atoms with Crippen molar-refractivity contribution in [2.45, 2.75) is 25.0 Å². The Kier molecular flexibility index (Phi) is 3.98. The molecule has 6 heterocycles. The standard InChI is InChI=1S/C25H22N6O2/c32-21-11-17-10-16(6-7-20(17)28-29-21)23-22(15-4-2-1-3-5-15)27-25-24(26-8-9-31(23)25)30-13-18-12-19(14-30)33-18/h1-10,18-19,28H,11-14H2,(H,29,32). The lowest BCUT2D eigenvalue weighted by Gasteiger charge is -2.47. The van der Waals surface area contributed by atoms with Crippen molar-refractivity contribution in [3.63, 3.8) is 0 Å². The highest BCUT2D eigenvalue weighted by Gasteiger charge is 2.39. The molecule has 8 heteroatoms. The minimum Gasteiger partial charge on any atom is -0.371 e. The Bertz CT molecular complexity index is 1380. The van der Waals surface area contributed by atoms with Crippen molar-refractivity contribution in [1.82, 2.24) is 19.8 Å². The highest BCUT2D eigenvalue weighted by atomic mass is 16.5. The van der Waals surface area contributed by atoms with Gasteiger partial charge in [-0.25, -0.2) is 9.97 Å². The van der Waals surface area contributed by atoms with Crippen molar-refractivity contribution in [3.8, 4) is 22.5 Å². The summed E-state index contributed by atoms with van der Waals surface area (Å²) in [6.07, 6.45) is 5.86. The zero-order valence-electron chi connectivity index (χ0n) is 17.9. The largest absolute Gasteiger partial charge is 0.371 e. The van der Waals surface area contributed by atoms with Crippen molar-refractivity contribution in [2.24, 2.45) is 0 Å². The van der Waals surface area contributed by atoms with Gasteiger partial charge in [0.1, 0.15) is 0 Å². The van der Waals surface area contributed by atoms with Crippen LogP contribution in [0.15, 0.2) is 60.9 Å². The summed E-state index contributed by atoms with van der Waals surface area (Å²) in [5.74, 6) is 0.844. The molecular weight excluding hydrogens is 416 g/mol. The number of carbonyl (C=O) groups is 1. The summed E-state index contributed by atoms with van der Waals surface area (Å²) in [6.45, 7) is 1.68. The van der Waals surface area contributed by atoms with Crippen LogP contribution in [0.25, 0.3) is 28.2 Å². The number of ether oxygens (including phenoxy) is 1. The van der Waals surface area contributed by atoms with E-state index in [0.717, 1.165) is 64.7 Å². The van der Waals surface area contributed by atoms with Gasteiger partial charge >= 0.3 is 0 Å². The first-order valence-corrected chi connectivity index (χ1v) is 11.2. The Morgan fingerprint density at radius 1 is 1.00 bits per heavy atom. The first-order valence-electron chi connectivity index (χ1n) is 11.2. The van der Waals surface area contributed by atoms with Crippen LogP contribution in [0, 0.1) is 0 Å². The summed E-state index contributed by atoms with van der Waals surface area (Å²) in [5, 5.41) is 0. The smallest absolute Gasteiger partial charge is 0.242 e. The molecule has 2 aromatic heterocycles. The number of rotatable bonds is 3. The van der Waals surface area contributed by atoms with Crippen molar-refractivity contribution in [2.75, 3.05) is 23.4 Å². The molecule has 2 atom stereocenters. The number of nitrogens with one attached hydrogen (secondary N) is 2. The molecular formula is C25H22N6O2. The Hall–Kier alpha value is -3.91. The van der Waals surface area contributed by atoms with E-state index in [9.17, 15) is 4.79 Å². The quantitative estimate of drug-likeness (QED) is 0.512. The Labute approximate surface area is 190 Å². The lowest BCUT2D eigenvalue weighted by Crippen LogP contribution is -2.57. The molecule has 4 aliphatic heterocycles. The molecule has 33 heavy (non-hydrogen) atoms. The van der Waals surface area contributed by atoms with Gasteiger partial charge in [-0.1, -0.05) is 36.4 Å². The van der Waals surface area contributed by atoms with Crippen molar-refractivity contribution >= 4 is 23.1 Å². The molecule has 2 unspecified atom stereocenters. The fraction of sp³-hybridized carbons (Fsp3) is 0.240. The number of imidazole rings is 1. The van der Waals surface area contributed by atoms with Crippen LogP contribution in [0.2, 0.25) is 0 Å². The second-order valence-corrected chi connectivity index (χ2v) is 8.86. The van der Waals surface area contributed by atoms with Crippen molar-refractivity contribution < 1.29 is 9.53 Å². The number of hydrazine groups is 1. The van der Waals surface area contributed by atoms with Gasteiger partial charge in [0.2, 0.25) is 5.91 Å². The number of hydrogen-bond donors (Lipinski definition) is 2. The number of anilines is 2. The van der Waals surface area contributed by atoms with Gasteiger partial charge in [0, 0.05) is 43.0 Å². The number of piperidine rings is 1. The summed E-state index contributed by atoms with van der Waals surface area (Å²) in [7, 11) is 0. The van der Waals surface area contributed by atoms with E-state index in [2.05, 4.69) is 44.4 Å². The second kappa shape index (κ2) is 7.05. The van der Waals surface area contributed by atoms with Crippen LogP contribution in [0.5, 0.6) is 0 Å². The van der Waals surface area contributed by atoms with E-state index < -0.39 is 0 Å². The number of morpholine rings is 1. The summed E-state index contributed by atoms with van der Waals surface area (Å²) >= 11 is 0. The fourth-order valence-electron chi connectivity index (χ4n) is 5.15. The third-order valence-corrected chi connectivity index (χ3v) is 6.70. The van der Waals surface area contributed by atoms with E-state index in [1.54, 1.807) is 0 Å². The minimum atomic E-state index is -0.0431. The SMILES string of the molecule is O=C1Cc2cc(-c3c(-c4ccccc4)nc4c(N5CC6CC(C5)O6)nccn34)ccc2NN1. The van der Waals surface area contributed by atoms with Gasteiger partial charge in [0.05, 0.1) is 35.7 Å². The van der Waals surface area contributed by atoms with Gasteiger partial charge in [0.25, 0.3) is 0 Å². The highest BCUT2D eigenvalue weighted by Crippen LogP contribution is 2.38. The molecule has 2 N–H and O–H groups in total. The van der Waals surface area contributed by atoms with E-state index in [0.29, 0.717) is 6.42 Å². The van der Waals surface area contributed by atoms with Gasteiger partial charge < -0.3 is 9.64 Å². The van der Waals surface area contributed by atoms with Gasteiger partial charge in [-0.15, -0.1) is 0 Å². The molecule has 3 saturated heterocycles. The number of carbonyl (C=O) groups excluding carboxylic acids is 1. The van der Waals surface area contributed by atoms with E-state index in [1.165, 1.54) is 0 Å². The first-order chi connectivity index (χ1) is 16.2. The van der Waals surface area contributed by atoms with Gasteiger partial charge in [-0.3, -0.25) is 20.0 Å². The van der Waals surface area contributed by atoms with Crippen LogP contribution in [0.4, 0.5) is 11.5 Å². The number of aromatic nitrogens is 3. The maximum atomic E-state index is 12.0. The van der Waals surface area contributed by atoms with Crippen molar-refractivity contribution in [3.05, 3.63) is 66.5 Å². The minimum absolute atomic E-state index is 0.0431. The van der Waals surface area contributed by atoms with Gasteiger partial charge in [-0.05, 0) is 17.7 Å². The monoisotopic (exact) mass is 438 g/mol. The number of amides is 1. The lowest BCUT2D eigenvalue weighted by atomic mass is 9.99. The molecule has 4 aromatic rings. The third kappa shape index (κ3) is 2.98. The normalized spacial score (nSPS) is 21.2. The predicted molar refractivity (Wildman–Crippen MR) is 125 cm³/mol. The third-order valence-electron chi connectivity index (χ3n) is 6.70. The van der Waals surface area contributed by atoms with Gasteiger partial charge in [0.15, 0.2) is 11.5 Å².